The normalized spacial score (nSPS) is 12.6. The molecule has 2 aromatic rings. The molecule has 1 aromatic carbocycles. The van der Waals surface area contributed by atoms with Crippen molar-refractivity contribution in [1.29, 1.82) is 0 Å². The van der Waals surface area contributed by atoms with Crippen LogP contribution in [0, 0.1) is 5.82 Å². The number of aromatic nitrogens is 1. The second-order valence-corrected chi connectivity index (χ2v) is 4.76. The number of hydrogen-bond donors (Lipinski definition) is 1. The van der Waals surface area contributed by atoms with E-state index in [0.717, 1.165) is 25.1 Å². The lowest BCUT2D eigenvalue weighted by Crippen LogP contribution is -2.19. The topological polar surface area (TPSA) is 17.0 Å². The van der Waals surface area contributed by atoms with Crippen LogP contribution in [-0.2, 0) is 6.54 Å². The van der Waals surface area contributed by atoms with Gasteiger partial charge in [0.1, 0.15) is 5.82 Å². The smallest absolute Gasteiger partial charge is 0.123 e. The highest BCUT2D eigenvalue weighted by atomic mass is 19.1. The fourth-order valence-electron chi connectivity index (χ4n) is 2.31. The molecule has 0 fully saturated rings. The maximum absolute atomic E-state index is 12.9. The molecule has 2 nitrogen and oxygen atoms in total. The van der Waals surface area contributed by atoms with Gasteiger partial charge in [-0.3, -0.25) is 0 Å². The minimum Gasteiger partial charge on any atom is -0.350 e. The zero-order valence-electron chi connectivity index (χ0n) is 11.6. The van der Waals surface area contributed by atoms with Crippen molar-refractivity contribution in [3.63, 3.8) is 0 Å². The standard InChI is InChI=1S/C16H21FN2/c1-3-16(18-4-2)14-9-10-19(12-14)11-13-5-7-15(17)8-6-13/h5-10,12,16,18H,3-4,11H2,1-2H3. The van der Waals surface area contributed by atoms with E-state index >= 15 is 0 Å². The van der Waals surface area contributed by atoms with E-state index in [1.165, 1.54) is 17.7 Å². The Kier molecular flexibility index (Phi) is 4.74. The van der Waals surface area contributed by atoms with E-state index in [-0.39, 0.29) is 5.82 Å². The minimum atomic E-state index is -0.185. The highest BCUT2D eigenvalue weighted by Crippen LogP contribution is 2.17. The van der Waals surface area contributed by atoms with Crippen molar-refractivity contribution in [2.45, 2.75) is 32.9 Å². The van der Waals surface area contributed by atoms with Crippen LogP contribution >= 0.6 is 0 Å². The Balaban J connectivity index is 2.06. The summed E-state index contributed by atoms with van der Waals surface area (Å²) in [6.07, 6.45) is 5.33. The molecule has 1 heterocycles. The van der Waals surface area contributed by atoms with Crippen LogP contribution in [0.2, 0.25) is 0 Å². The molecule has 1 N–H and O–H groups in total. The van der Waals surface area contributed by atoms with Gasteiger partial charge in [0.25, 0.3) is 0 Å². The zero-order valence-corrected chi connectivity index (χ0v) is 11.6. The van der Waals surface area contributed by atoms with Gasteiger partial charge in [0.15, 0.2) is 0 Å². The first-order valence-electron chi connectivity index (χ1n) is 6.86. The summed E-state index contributed by atoms with van der Waals surface area (Å²) in [6.45, 7) is 6.06. The Hall–Kier alpha value is -1.61. The first-order chi connectivity index (χ1) is 9.22. The summed E-state index contributed by atoms with van der Waals surface area (Å²) in [7, 11) is 0. The Morgan fingerprint density at radius 2 is 1.89 bits per heavy atom. The van der Waals surface area contributed by atoms with Crippen LogP contribution in [0.15, 0.2) is 42.7 Å². The Labute approximate surface area is 114 Å². The molecule has 1 aromatic heterocycles. The van der Waals surface area contributed by atoms with E-state index in [1.54, 1.807) is 0 Å². The summed E-state index contributed by atoms with van der Waals surface area (Å²) < 4.78 is 15.0. The molecule has 0 radical (unpaired) electrons. The quantitative estimate of drug-likeness (QED) is 0.837. The van der Waals surface area contributed by atoms with Crippen molar-refractivity contribution in [1.82, 2.24) is 9.88 Å². The number of benzene rings is 1. The van der Waals surface area contributed by atoms with E-state index in [4.69, 9.17) is 0 Å². The zero-order chi connectivity index (χ0) is 13.7. The van der Waals surface area contributed by atoms with Gasteiger partial charge in [-0.1, -0.05) is 26.0 Å². The fraction of sp³-hybridized carbons (Fsp3) is 0.375. The molecular weight excluding hydrogens is 239 g/mol. The molecule has 0 aliphatic heterocycles. The lowest BCUT2D eigenvalue weighted by atomic mass is 10.1. The fourth-order valence-corrected chi connectivity index (χ4v) is 2.31. The van der Waals surface area contributed by atoms with Gasteiger partial charge >= 0.3 is 0 Å². The second-order valence-electron chi connectivity index (χ2n) is 4.76. The average molecular weight is 260 g/mol. The molecule has 1 atom stereocenters. The van der Waals surface area contributed by atoms with E-state index in [9.17, 15) is 4.39 Å². The summed E-state index contributed by atoms with van der Waals surface area (Å²) in [6, 6.07) is 9.24. The van der Waals surface area contributed by atoms with Crippen molar-refractivity contribution in [3.8, 4) is 0 Å². The molecule has 0 amide bonds. The summed E-state index contributed by atoms with van der Waals surface area (Å²) in [4.78, 5) is 0. The molecule has 1 unspecified atom stereocenters. The number of rotatable bonds is 6. The van der Waals surface area contributed by atoms with Crippen LogP contribution in [0.3, 0.4) is 0 Å². The lowest BCUT2D eigenvalue weighted by molar-refractivity contribution is 0.536. The van der Waals surface area contributed by atoms with Crippen LogP contribution in [-0.4, -0.2) is 11.1 Å². The van der Waals surface area contributed by atoms with E-state index in [1.807, 2.05) is 12.1 Å². The molecule has 2 rings (SSSR count). The summed E-state index contributed by atoms with van der Waals surface area (Å²) in [5.41, 5.74) is 2.42. The van der Waals surface area contributed by atoms with Crippen molar-refractivity contribution in [2.24, 2.45) is 0 Å². The highest BCUT2D eigenvalue weighted by molar-refractivity contribution is 5.20. The van der Waals surface area contributed by atoms with Crippen LogP contribution in [0.1, 0.15) is 37.4 Å². The maximum atomic E-state index is 12.9. The molecule has 0 aliphatic carbocycles. The van der Waals surface area contributed by atoms with Crippen LogP contribution in [0.25, 0.3) is 0 Å². The molecule has 0 saturated carbocycles. The molecule has 0 bridgehead atoms. The van der Waals surface area contributed by atoms with Crippen LogP contribution in [0.4, 0.5) is 4.39 Å². The molecule has 0 aliphatic rings. The monoisotopic (exact) mass is 260 g/mol. The van der Waals surface area contributed by atoms with Gasteiger partial charge in [-0.15, -0.1) is 0 Å². The van der Waals surface area contributed by atoms with Gasteiger partial charge in [0.05, 0.1) is 0 Å². The molecular formula is C16H21FN2. The van der Waals surface area contributed by atoms with Gasteiger partial charge < -0.3 is 9.88 Å². The summed E-state index contributed by atoms with van der Waals surface area (Å²) >= 11 is 0. The van der Waals surface area contributed by atoms with Crippen molar-refractivity contribution >= 4 is 0 Å². The average Bonchev–Trinajstić information content (AvgIpc) is 2.87. The Morgan fingerprint density at radius 3 is 2.53 bits per heavy atom. The lowest BCUT2D eigenvalue weighted by Gasteiger charge is -2.14. The van der Waals surface area contributed by atoms with Crippen molar-refractivity contribution in [2.75, 3.05) is 6.54 Å². The van der Waals surface area contributed by atoms with Gasteiger partial charge in [-0.05, 0) is 42.3 Å². The third-order valence-corrected chi connectivity index (χ3v) is 3.31. The minimum absolute atomic E-state index is 0.185. The van der Waals surface area contributed by atoms with Crippen molar-refractivity contribution < 1.29 is 4.39 Å². The number of hydrogen-bond acceptors (Lipinski definition) is 1. The van der Waals surface area contributed by atoms with Crippen LogP contribution in [0.5, 0.6) is 0 Å². The van der Waals surface area contributed by atoms with Gasteiger partial charge in [0, 0.05) is 25.0 Å². The maximum Gasteiger partial charge on any atom is 0.123 e. The summed E-state index contributed by atoms with van der Waals surface area (Å²) in [5.74, 6) is -0.185. The largest absolute Gasteiger partial charge is 0.350 e. The Morgan fingerprint density at radius 1 is 1.16 bits per heavy atom. The third-order valence-electron chi connectivity index (χ3n) is 3.31. The Bertz CT molecular complexity index is 502. The van der Waals surface area contributed by atoms with Gasteiger partial charge in [-0.2, -0.15) is 0 Å². The molecule has 0 saturated heterocycles. The SMILES string of the molecule is CCNC(CC)c1ccn(Cc2ccc(F)cc2)c1. The first-order valence-corrected chi connectivity index (χ1v) is 6.86. The van der Waals surface area contributed by atoms with E-state index in [0.29, 0.717) is 6.04 Å². The number of halogens is 1. The van der Waals surface area contributed by atoms with E-state index < -0.39 is 0 Å². The van der Waals surface area contributed by atoms with Crippen LogP contribution < -0.4 is 5.32 Å². The van der Waals surface area contributed by atoms with Gasteiger partial charge in [-0.25, -0.2) is 4.39 Å². The first kappa shape index (κ1) is 13.8. The second kappa shape index (κ2) is 6.53. The number of nitrogens with one attached hydrogen (secondary N) is 1. The predicted molar refractivity (Wildman–Crippen MR) is 76.6 cm³/mol. The third kappa shape index (κ3) is 3.67. The molecule has 3 heteroatoms. The molecule has 19 heavy (non-hydrogen) atoms. The van der Waals surface area contributed by atoms with E-state index in [2.05, 4.69) is 42.2 Å². The molecule has 102 valence electrons. The van der Waals surface area contributed by atoms with Crippen molar-refractivity contribution in [3.05, 3.63) is 59.7 Å². The molecule has 0 spiro atoms. The number of nitrogens with zero attached hydrogens (tertiary/aromatic N) is 1. The highest BCUT2D eigenvalue weighted by Gasteiger charge is 2.08. The summed E-state index contributed by atoms with van der Waals surface area (Å²) in [5, 5.41) is 3.47. The predicted octanol–water partition coefficient (Wildman–Crippen LogP) is 3.74. The van der Waals surface area contributed by atoms with Gasteiger partial charge in [0.2, 0.25) is 0 Å².